The first-order valence-corrected chi connectivity index (χ1v) is 8.65. The molecule has 1 aromatic carbocycles. The molecule has 0 aliphatic carbocycles. The minimum atomic E-state index is 0. The Balaban J connectivity index is 0.00000364. The van der Waals surface area contributed by atoms with Gasteiger partial charge in [0.15, 0.2) is 17.5 Å². The van der Waals surface area contributed by atoms with Crippen molar-refractivity contribution in [2.75, 3.05) is 32.1 Å². The first-order valence-electron chi connectivity index (χ1n) is 8.65. The number of furan rings is 1. The zero-order chi connectivity index (χ0) is 18.8. The molecule has 0 atom stereocenters. The summed E-state index contributed by atoms with van der Waals surface area (Å²) < 4.78 is 16.3. The highest BCUT2D eigenvalue weighted by Crippen LogP contribution is 2.30. The van der Waals surface area contributed by atoms with Crippen LogP contribution < -0.4 is 20.1 Å². The largest absolute Gasteiger partial charge is 0.493 e. The number of hydrogen-bond donors (Lipinski definition) is 2. The quantitative estimate of drug-likeness (QED) is 0.237. The van der Waals surface area contributed by atoms with E-state index in [1.165, 1.54) is 0 Å². The number of halogens is 1. The van der Waals surface area contributed by atoms with Gasteiger partial charge in [0.2, 0.25) is 0 Å². The molecule has 7 heteroatoms. The fourth-order valence-corrected chi connectivity index (χ4v) is 2.27. The van der Waals surface area contributed by atoms with Gasteiger partial charge in [0, 0.05) is 24.7 Å². The Kier molecular flexibility index (Phi) is 10.4. The minimum absolute atomic E-state index is 0. The SMILES string of the molecule is C=C(C)CN=C(NCCc1ccco1)Nc1ccc(OC)c(OCC)c1.I. The lowest BCUT2D eigenvalue weighted by molar-refractivity contribution is 0.311. The lowest BCUT2D eigenvalue weighted by atomic mass is 10.2. The lowest BCUT2D eigenvalue weighted by Crippen LogP contribution is -2.32. The predicted octanol–water partition coefficient (Wildman–Crippen LogP) is 4.48. The normalized spacial score (nSPS) is 10.7. The van der Waals surface area contributed by atoms with E-state index in [1.54, 1.807) is 13.4 Å². The van der Waals surface area contributed by atoms with Gasteiger partial charge in [-0.3, -0.25) is 0 Å². The third-order valence-corrected chi connectivity index (χ3v) is 3.48. The molecule has 0 spiro atoms. The Hall–Kier alpha value is -2.16. The number of hydrogen-bond acceptors (Lipinski definition) is 4. The molecule has 0 radical (unpaired) electrons. The van der Waals surface area contributed by atoms with Gasteiger partial charge in [-0.25, -0.2) is 4.99 Å². The summed E-state index contributed by atoms with van der Waals surface area (Å²) in [5.41, 5.74) is 1.85. The van der Waals surface area contributed by atoms with Crippen molar-refractivity contribution in [3.8, 4) is 11.5 Å². The maximum absolute atomic E-state index is 5.63. The molecule has 0 saturated heterocycles. The maximum Gasteiger partial charge on any atom is 0.196 e. The fourth-order valence-electron chi connectivity index (χ4n) is 2.27. The standard InChI is InChI=1S/C20H27N3O3.HI/c1-5-25-19-13-16(8-9-18(19)24-4)23-20(22-14-15(2)3)21-11-10-17-7-6-12-26-17;/h6-9,12-13H,2,5,10-11,14H2,1,3-4H3,(H2,21,22,23);1H. The molecule has 1 heterocycles. The average molecular weight is 485 g/mol. The zero-order valence-electron chi connectivity index (χ0n) is 16.1. The summed E-state index contributed by atoms with van der Waals surface area (Å²) in [5.74, 6) is 2.99. The van der Waals surface area contributed by atoms with Crippen LogP contribution in [-0.4, -0.2) is 32.8 Å². The van der Waals surface area contributed by atoms with E-state index in [0.29, 0.717) is 37.2 Å². The van der Waals surface area contributed by atoms with E-state index in [9.17, 15) is 0 Å². The number of anilines is 1. The first kappa shape index (κ1) is 22.9. The van der Waals surface area contributed by atoms with Crippen LogP contribution in [0, 0.1) is 0 Å². The molecule has 148 valence electrons. The van der Waals surface area contributed by atoms with Crippen molar-refractivity contribution in [1.29, 1.82) is 0 Å². The molecule has 1 aromatic heterocycles. The Bertz CT molecular complexity index is 730. The monoisotopic (exact) mass is 485 g/mol. The van der Waals surface area contributed by atoms with Crippen LogP contribution in [0.1, 0.15) is 19.6 Å². The van der Waals surface area contributed by atoms with Gasteiger partial charge in [0.05, 0.1) is 26.5 Å². The lowest BCUT2D eigenvalue weighted by Gasteiger charge is -2.15. The molecule has 0 bridgehead atoms. The third kappa shape index (κ3) is 7.94. The van der Waals surface area contributed by atoms with Gasteiger partial charge in [0.25, 0.3) is 0 Å². The summed E-state index contributed by atoms with van der Waals surface area (Å²) in [7, 11) is 1.63. The van der Waals surface area contributed by atoms with E-state index in [-0.39, 0.29) is 24.0 Å². The topological polar surface area (TPSA) is 68.0 Å². The minimum Gasteiger partial charge on any atom is -0.493 e. The van der Waals surface area contributed by atoms with Gasteiger partial charge < -0.3 is 24.5 Å². The number of nitrogens with one attached hydrogen (secondary N) is 2. The number of rotatable bonds is 9. The summed E-state index contributed by atoms with van der Waals surface area (Å²) >= 11 is 0. The zero-order valence-corrected chi connectivity index (χ0v) is 18.4. The molecule has 0 unspecified atom stereocenters. The highest BCUT2D eigenvalue weighted by molar-refractivity contribution is 14.0. The van der Waals surface area contributed by atoms with Gasteiger partial charge in [-0.2, -0.15) is 0 Å². The van der Waals surface area contributed by atoms with Crippen LogP contribution in [0.2, 0.25) is 0 Å². The van der Waals surface area contributed by atoms with E-state index < -0.39 is 0 Å². The Labute approximate surface area is 178 Å². The second kappa shape index (κ2) is 12.3. The number of guanidine groups is 1. The summed E-state index contributed by atoms with van der Waals surface area (Å²) in [6.07, 6.45) is 2.45. The van der Waals surface area contributed by atoms with Crippen LogP contribution in [0.3, 0.4) is 0 Å². The molecule has 0 amide bonds. The molecule has 0 aliphatic rings. The molecular weight excluding hydrogens is 457 g/mol. The molecule has 2 rings (SSSR count). The van der Waals surface area contributed by atoms with Crippen LogP contribution in [0.4, 0.5) is 5.69 Å². The van der Waals surface area contributed by atoms with Gasteiger partial charge in [-0.05, 0) is 38.1 Å². The second-order valence-electron chi connectivity index (χ2n) is 5.80. The van der Waals surface area contributed by atoms with Gasteiger partial charge in [-0.15, -0.1) is 24.0 Å². The molecule has 0 aliphatic heterocycles. The van der Waals surface area contributed by atoms with E-state index in [1.807, 2.05) is 44.2 Å². The summed E-state index contributed by atoms with van der Waals surface area (Å²) in [6, 6.07) is 9.53. The number of ether oxygens (including phenoxy) is 2. The molecule has 0 saturated carbocycles. The molecule has 2 N–H and O–H groups in total. The second-order valence-corrected chi connectivity index (χ2v) is 5.80. The average Bonchev–Trinajstić information content (AvgIpc) is 3.13. The Morgan fingerprint density at radius 1 is 1.26 bits per heavy atom. The van der Waals surface area contributed by atoms with Crippen molar-refractivity contribution in [1.82, 2.24) is 5.32 Å². The maximum atomic E-state index is 5.63. The summed E-state index contributed by atoms with van der Waals surface area (Å²) in [6.45, 7) is 9.60. The number of aliphatic imine (C=N–C) groups is 1. The van der Waals surface area contributed by atoms with E-state index in [0.717, 1.165) is 23.4 Å². The first-order chi connectivity index (χ1) is 12.6. The number of benzene rings is 1. The van der Waals surface area contributed by atoms with Crippen molar-refractivity contribution >= 4 is 35.6 Å². The highest BCUT2D eigenvalue weighted by Gasteiger charge is 2.07. The molecule has 27 heavy (non-hydrogen) atoms. The van der Waals surface area contributed by atoms with Crippen LogP contribution in [-0.2, 0) is 6.42 Å². The Morgan fingerprint density at radius 3 is 2.70 bits per heavy atom. The van der Waals surface area contributed by atoms with E-state index >= 15 is 0 Å². The van der Waals surface area contributed by atoms with Crippen molar-refractivity contribution in [3.63, 3.8) is 0 Å². The van der Waals surface area contributed by atoms with E-state index in [2.05, 4.69) is 22.2 Å². The van der Waals surface area contributed by atoms with Crippen molar-refractivity contribution in [2.24, 2.45) is 4.99 Å². The van der Waals surface area contributed by atoms with Crippen LogP contribution in [0.5, 0.6) is 11.5 Å². The summed E-state index contributed by atoms with van der Waals surface area (Å²) in [4.78, 5) is 4.55. The number of methoxy groups -OCH3 is 1. The molecular formula is C20H28IN3O3. The summed E-state index contributed by atoms with van der Waals surface area (Å²) in [5, 5.41) is 6.60. The third-order valence-electron chi connectivity index (χ3n) is 3.48. The van der Waals surface area contributed by atoms with Gasteiger partial charge >= 0.3 is 0 Å². The van der Waals surface area contributed by atoms with Crippen LogP contribution in [0.25, 0.3) is 0 Å². The van der Waals surface area contributed by atoms with E-state index in [4.69, 9.17) is 13.9 Å². The van der Waals surface area contributed by atoms with Crippen molar-refractivity contribution < 1.29 is 13.9 Å². The number of nitrogens with zero attached hydrogens (tertiary/aromatic N) is 1. The highest BCUT2D eigenvalue weighted by atomic mass is 127. The fraction of sp³-hybridized carbons (Fsp3) is 0.350. The van der Waals surface area contributed by atoms with Crippen molar-refractivity contribution in [2.45, 2.75) is 20.3 Å². The van der Waals surface area contributed by atoms with Crippen LogP contribution >= 0.6 is 24.0 Å². The molecule has 2 aromatic rings. The smallest absolute Gasteiger partial charge is 0.196 e. The van der Waals surface area contributed by atoms with Gasteiger partial charge in [-0.1, -0.05) is 12.2 Å². The van der Waals surface area contributed by atoms with Gasteiger partial charge in [0.1, 0.15) is 5.76 Å². The van der Waals surface area contributed by atoms with Crippen LogP contribution in [0.15, 0.2) is 58.2 Å². The Morgan fingerprint density at radius 2 is 2.07 bits per heavy atom. The predicted molar refractivity (Wildman–Crippen MR) is 121 cm³/mol. The molecule has 6 nitrogen and oxygen atoms in total. The molecule has 0 fully saturated rings. The van der Waals surface area contributed by atoms with Crippen molar-refractivity contribution in [3.05, 3.63) is 54.5 Å².